The van der Waals surface area contributed by atoms with Crippen LogP contribution in [0.4, 0.5) is 11.4 Å². The van der Waals surface area contributed by atoms with Crippen LogP contribution in [0, 0.1) is 13.8 Å². The van der Waals surface area contributed by atoms with Gasteiger partial charge in [-0.3, -0.25) is 19.0 Å². The fourth-order valence-corrected chi connectivity index (χ4v) is 4.59. The van der Waals surface area contributed by atoms with Crippen LogP contribution in [-0.4, -0.2) is 20.9 Å². The fourth-order valence-electron chi connectivity index (χ4n) is 3.77. The summed E-state index contributed by atoms with van der Waals surface area (Å²) < 4.78 is 2.82. The lowest BCUT2D eigenvalue weighted by Gasteiger charge is -2.14. The van der Waals surface area contributed by atoms with Crippen molar-refractivity contribution >= 4 is 44.7 Å². The number of anilines is 2. The van der Waals surface area contributed by atoms with Crippen molar-refractivity contribution in [3.8, 4) is 5.69 Å². The largest absolute Gasteiger partial charge is 0.336 e. The van der Waals surface area contributed by atoms with E-state index in [1.807, 2.05) is 19.9 Å². The molecule has 0 bridgehead atoms. The lowest BCUT2D eigenvalue weighted by molar-refractivity contribution is -0.117. The number of amides is 2. The molecule has 9 heteroatoms. The summed E-state index contributed by atoms with van der Waals surface area (Å²) in [6.07, 6.45) is 0. The van der Waals surface area contributed by atoms with Gasteiger partial charge in [0.25, 0.3) is 5.56 Å². The number of nitrogens with zero attached hydrogens (tertiary/aromatic N) is 2. The number of aromatic nitrogens is 2. The average molecular weight is 463 g/mol. The van der Waals surface area contributed by atoms with Crippen LogP contribution in [0.2, 0.25) is 0 Å². The van der Waals surface area contributed by atoms with Crippen molar-refractivity contribution in [1.82, 2.24) is 9.13 Å². The minimum absolute atomic E-state index is 0.224. The molecule has 4 aromatic rings. The lowest BCUT2D eigenvalue weighted by Crippen LogP contribution is -2.40. The maximum atomic E-state index is 13.4. The van der Waals surface area contributed by atoms with Crippen LogP contribution in [0.15, 0.2) is 63.5 Å². The molecule has 0 radical (unpaired) electrons. The van der Waals surface area contributed by atoms with E-state index in [-0.39, 0.29) is 12.5 Å². The van der Waals surface area contributed by atoms with Crippen LogP contribution in [0.5, 0.6) is 0 Å². The van der Waals surface area contributed by atoms with Crippen molar-refractivity contribution in [2.45, 2.75) is 27.3 Å². The molecule has 0 spiro atoms. The summed E-state index contributed by atoms with van der Waals surface area (Å²) in [5.41, 5.74) is 2.75. The van der Waals surface area contributed by atoms with E-state index in [9.17, 15) is 19.2 Å². The van der Waals surface area contributed by atoms with Crippen LogP contribution < -0.4 is 21.9 Å². The Morgan fingerprint density at radius 1 is 0.939 bits per heavy atom. The van der Waals surface area contributed by atoms with Crippen molar-refractivity contribution in [3.63, 3.8) is 0 Å². The Labute approximate surface area is 193 Å². The highest BCUT2D eigenvalue weighted by molar-refractivity contribution is 7.17. The topological polar surface area (TPSA) is 102 Å². The molecule has 0 aliphatic rings. The molecule has 0 aliphatic carbocycles. The lowest BCUT2D eigenvalue weighted by atomic mass is 10.1. The van der Waals surface area contributed by atoms with E-state index < -0.39 is 17.2 Å². The Hall–Kier alpha value is -3.98. The van der Waals surface area contributed by atoms with Gasteiger partial charge in [0.05, 0.1) is 11.2 Å². The number of benzene rings is 2. The number of nitrogens with one attached hydrogen (secondary N) is 2. The summed E-state index contributed by atoms with van der Waals surface area (Å²) in [4.78, 5) is 50.6. The van der Waals surface area contributed by atoms with Crippen molar-refractivity contribution in [2.75, 3.05) is 10.6 Å². The highest BCUT2D eigenvalue weighted by atomic mass is 32.1. The molecular formula is C24H22N4O4S. The summed E-state index contributed by atoms with van der Waals surface area (Å²) in [6.45, 7) is 4.91. The first-order valence-electron chi connectivity index (χ1n) is 10.2. The normalized spacial score (nSPS) is 10.9. The molecule has 0 saturated heterocycles. The van der Waals surface area contributed by atoms with Crippen molar-refractivity contribution in [1.29, 1.82) is 0 Å². The maximum absolute atomic E-state index is 13.4. The zero-order valence-electron chi connectivity index (χ0n) is 18.3. The van der Waals surface area contributed by atoms with Gasteiger partial charge in [0, 0.05) is 18.3 Å². The minimum atomic E-state index is -0.585. The molecule has 0 aliphatic heterocycles. The van der Waals surface area contributed by atoms with Gasteiger partial charge in [-0.2, -0.15) is 0 Å². The number of carbonyl (C=O) groups is 2. The number of fused-ring (bicyclic) bond motifs is 1. The predicted molar refractivity (Wildman–Crippen MR) is 131 cm³/mol. The second kappa shape index (κ2) is 8.87. The Morgan fingerprint density at radius 3 is 2.27 bits per heavy atom. The standard InChI is InChI=1S/C24H22N4O4S/c1-14-9-15(2)11-19(10-14)28-23(31)22-20(7-8-33-22)27(24(28)32)13-21(30)26-18-6-4-5-17(12-18)25-16(3)29/h4-12H,13H2,1-3H3,(H,25,29)(H,26,30). The average Bonchev–Trinajstić information content (AvgIpc) is 3.20. The molecule has 0 saturated carbocycles. The van der Waals surface area contributed by atoms with E-state index in [0.29, 0.717) is 27.3 Å². The van der Waals surface area contributed by atoms with Gasteiger partial charge in [-0.25, -0.2) is 9.36 Å². The van der Waals surface area contributed by atoms with E-state index in [0.717, 1.165) is 15.7 Å². The second-order valence-corrected chi connectivity index (χ2v) is 8.72. The molecule has 2 heterocycles. The number of rotatable bonds is 5. The van der Waals surface area contributed by atoms with Gasteiger partial charge in [-0.05, 0) is 66.8 Å². The van der Waals surface area contributed by atoms with Gasteiger partial charge in [0.15, 0.2) is 0 Å². The predicted octanol–water partition coefficient (Wildman–Crippen LogP) is 3.43. The summed E-state index contributed by atoms with van der Waals surface area (Å²) in [5.74, 6) is -0.659. The Balaban J connectivity index is 1.73. The van der Waals surface area contributed by atoms with Gasteiger partial charge in [0.2, 0.25) is 11.8 Å². The number of thiophene rings is 1. The third-order valence-electron chi connectivity index (χ3n) is 4.99. The summed E-state index contributed by atoms with van der Waals surface area (Å²) in [6, 6.07) is 13.9. The number of hydrogen-bond donors (Lipinski definition) is 2. The maximum Gasteiger partial charge on any atom is 0.336 e. The van der Waals surface area contributed by atoms with Crippen molar-refractivity contribution in [2.24, 2.45) is 0 Å². The van der Waals surface area contributed by atoms with Gasteiger partial charge in [-0.1, -0.05) is 12.1 Å². The van der Waals surface area contributed by atoms with Gasteiger partial charge in [-0.15, -0.1) is 11.3 Å². The van der Waals surface area contributed by atoms with E-state index in [1.54, 1.807) is 47.8 Å². The minimum Gasteiger partial charge on any atom is -0.326 e. The van der Waals surface area contributed by atoms with Crippen LogP contribution in [0.3, 0.4) is 0 Å². The third-order valence-corrected chi connectivity index (χ3v) is 5.88. The first kappa shape index (κ1) is 22.2. The third kappa shape index (κ3) is 4.63. The summed E-state index contributed by atoms with van der Waals surface area (Å²) in [7, 11) is 0. The van der Waals surface area contributed by atoms with Crippen LogP contribution in [0.1, 0.15) is 18.1 Å². The van der Waals surface area contributed by atoms with Crippen LogP contribution >= 0.6 is 11.3 Å². The smallest absolute Gasteiger partial charge is 0.326 e. The highest BCUT2D eigenvalue weighted by Gasteiger charge is 2.18. The summed E-state index contributed by atoms with van der Waals surface area (Å²) >= 11 is 1.23. The first-order valence-corrected chi connectivity index (χ1v) is 11.1. The van der Waals surface area contributed by atoms with E-state index in [4.69, 9.17) is 0 Å². The van der Waals surface area contributed by atoms with E-state index in [2.05, 4.69) is 10.6 Å². The monoisotopic (exact) mass is 462 g/mol. The molecule has 33 heavy (non-hydrogen) atoms. The van der Waals surface area contributed by atoms with Crippen LogP contribution in [0.25, 0.3) is 15.9 Å². The molecule has 2 aromatic heterocycles. The number of aryl methyl sites for hydroxylation is 2. The van der Waals surface area contributed by atoms with Gasteiger partial charge in [0.1, 0.15) is 11.2 Å². The zero-order chi connectivity index (χ0) is 23.7. The van der Waals surface area contributed by atoms with Gasteiger partial charge >= 0.3 is 5.69 Å². The molecule has 0 unspecified atom stereocenters. The molecule has 4 rings (SSSR count). The molecule has 2 N–H and O–H groups in total. The molecular weight excluding hydrogens is 440 g/mol. The fraction of sp³-hybridized carbons (Fsp3) is 0.167. The number of hydrogen-bond acceptors (Lipinski definition) is 5. The second-order valence-electron chi connectivity index (χ2n) is 7.80. The molecule has 0 atom stereocenters. The molecule has 168 valence electrons. The van der Waals surface area contributed by atoms with Crippen molar-refractivity contribution < 1.29 is 9.59 Å². The van der Waals surface area contributed by atoms with E-state index >= 15 is 0 Å². The van der Waals surface area contributed by atoms with Gasteiger partial charge < -0.3 is 10.6 Å². The summed E-state index contributed by atoms with van der Waals surface area (Å²) in [5, 5.41) is 7.13. The van der Waals surface area contributed by atoms with Crippen molar-refractivity contribution in [3.05, 3.63) is 85.9 Å². The molecule has 0 fully saturated rings. The quantitative estimate of drug-likeness (QED) is 0.474. The molecule has 2 amide bonds. The first-order chi connectivity index (χ1) is 15.7. The molecule has 8 nitrogen and oxygen atoms in total. The SMILES string of the molecule is CC(=O)Nc1cccc(NC(=O)Cn2c(=O)n(-c3cc(C)cc(C)c3)c(=O)c3sccc32)c1. The Bertz CT molecular complexity index is 1490. The highest BCUT2D eigenvalue weighted by Crippen LogP contribution is 2.19. The zero-order valence-corrected chi connectivity index (χ0v) is 19.2. The Morgan fingerprint density at radius 2 is 1.61 bits per heavy atom. The Kier molecular flexibility index (Phi) is 5.97. The molecule has 2 aromatic carbocycles. The number of carbonyl (C=O) groups excluding carboxylic acids is 2. The van der Waals surface area contributed by atoms with Crippen LogP contribution in [-0.2, 0) is 16.1 Å². The van der Waals surface area contributed by atoms with E-state index in [1.165, 1.54) is 22.8 Å².